The lowest BCUT2D eigenvalue weighted by atomic mass is 9.90. The van der Waals surface area contributed by atoms with Crippen LogP contribution in [0.4, 0.5) is 0 Å². The Morgan fingerprint density at radius 3 is 2.54 bits per heavy atom. The van der Waals surface area contributed by atoms with Crippen LogP contribution in [-0.2, 0) is 14.2 Å². The van der Waals surface area contributed by atoms with Crippen molar-refractivity contribution < 1.29 is 28.5 Å². The van der Waals surface area contributed by atoms with Crippen molar-refractivity contribution in [1.82, 2.24) is 0 Å². The van der Waals surface area contributed by atoms with Crippen LogP contribution in [0.1, 0.15) is 29.1 Å². The molecule has 0 N–H and O–H groups in total. The van der Waals surface area contributed by atoms with Crippen LogP contribution in [0.2, 0.25) is 0 Å². The molecule has 1 saturated heterocycles. The number of carbonyl (C=O) groups is 1. The first kappa shape index (κ1) is 18.3. The second-order valence-corrected chi connectivity index (χ2v) is 5.78. The van der Waals surface area contributed by atoms with Gasteiger partial charge in [0.25, 0.3) is 0 Å². The second-order valence-electron chi connectivity index (χ2n) is 5.78. The van der Waals surface area contributed by atoms with Crippen LogP contribution in [0.5, 0.6) is 17.2 Å². The Morgan fingerprint density at radius 2 is 1.85 bits per heavy atom. The Morgan fingerprint density at radius 1 is 1.15 bits per heavy atom. The molecular weight excluding hydrogens is 335 g/mol. The Kier molecular flexibility index (Phi) is 5.80. The molecule has 0 amide bonds. The first-order valence-electron chi connectivity index (χ1n) is 8.49. The van der Waals surface area contributed by atoms with Gasteiger partial charge in [0.05, 0.1) is 26.9 Å². The monoisotopic (exact) mass is 356 g/mol. The highest BCUT2D eigenvalue weighted by Gasteiger charge is 2.21. The molecule has 0 radical (unpaired) electrons. The van der Waals surface area contributed by atoms with Crippen molar-refractivity contribution in [2.45, 2.75) is 13.2 Å². The second kappa shape index (κ2) is 8.25. The van der Waals surface area contributed by atoms with E-state index < -0.39 is 5.97 Å². The maximum absolute atomic E-state index is 12.0. The van der Waals surface area contributed by atoms with E-state index in [1.54, 1.807) is 25.1 Å². The molecule has 0 saturated carbocycles. The standard InChI is InChI=1S/C19H21BO6/c1-3-23-18(21)14-6-4-13(11-17(14)22-2)26-12-5-7-16(20)15(10-12)19-24-8-9-25-19/h4-7,10-11,19H,3,8-9,20H2,1-2H3. The third-order valence-electron chi connectivity index (χ3n) is 4.03. The summed E-state index contributed by atoms with van der Waals surface area (Å²) in [6, 6.07) is 10.7. The van der Waals surface area contributed by atoms with E-state index in [1.165, 1.54) is 7.11 Å². The lowest BCUT2D eigenvalue weighted by Crippen LogP contribution is -2.14. The van der Waals surface area contributed by atoms with Crippen molar-refractivity contribution in [3.05, 3.63) is 47.5 Å². The van der Waals surface area contributed by atoms with Crippen LogP contribution in [0.3, 0.4) is 0 Å². The predicted molar refractivity (Wildman–Crippen MR) is 98.3 cm³/mol. The van der Waals surface area contributed by atoms with Gasteiger partial charge in [-0.15, -0.1) is 0 Å². The lowest BCUT2D eigenvalue weighted by molar-refractivity contribution is -0.0434. The van der Waals surface area contributed by atoms with E-state index >= 15 is 0 Å². The van der Waals surface area contributed by atoms with Gasteiger partial charge in [-0.25, -0.2) is 4.79 Å². The maximum Gasteiger partial charge on any atom is 0.341 e. The molecule has 2 aromatic carbocycles. The Bertz CT molecular complexity index is 786. The molecule has 2 aromatic rings. The summed E-state index contributed by atoms with van der Waals surface area (Å²) in [5, 5.41) is 0. The van der Waals surface area contributed by atoms with Gasteiger partial charge >= 0.3 is 5.97 Å². The van der Waals surface area contributed by atoms with Crippen LogP contribution in [0.25, 0.3) is 0 Å². The summed E-state index contributed by atoms with van der Waals surface area (Å²) in [6.45, 7) is 3.23. The molecule has 1 aliphatic heterocycles. The zero-order valence-corrected chi connectivity index (χ0v) is 15.1. The van der Waals surface area contributed by atoms with Crippen molar-refractivity contribution in [3.8, 4) is 17.2 Å². The Hall–Kier alpha value is -2.51. The normalized spacial score (nSPS) is 14.2. The van der Waals surface area contributed by atoms with E-state index in [2.05, 4.69) is 0 Å². The molecule has 7 heteroatoms. The number of hydrogen-bond acceptors (Lipinski definition) is 6. The molecule has 1 aliphatic rings. The molecule has 6 nitrogen and oxygen atoms in total. The van der Waals surface area contributed by atoms with Crippen molar-refractivity contribution >= 4 is 19.3 Å². The van der Waals surface area contributed by atoms with Gasteiger partial charge in [-0.2, -0.15) is 0 Å². The zero-order chi connectivity index (χ0) is 18.5. The van der Waals surface area contributed by atoms with Crippen molar-refractivity contribution in [2.24, 2.45) is 0 Å². The summed E-state index contributed by atoms with van der Waals surface area (Å²) in [5.41, 5.74) is 2.37. The number of hydrogen-bond donors (Lipinski definition) is 0. The van der Waals surface area contributed by atoms with Gasteiger partial charge in [-0.3, -0.25) is 0 Å². The van der Waals surface area contributed by atoms with Gasteiger partial charge in [0, 0.05) is 11.6 Å². The fourth-order valence-corrected chi connectivity index (χ4v) is 2.72. The highest BCUT2D eigenvalue weighted by atomic mass is 16.7. The van der Waals surface area contributed by atoms with Crippen molar-refractivity contribution in [1.29, 1.82) is 0 Å². The fraction of sp³-hybridized carbons (Fsp3) is 0.316. The average molecular weight is 356 g/mol. The van der Waals surface area contributed by atoms with Gasteiger partial charge in [-0.05, 0) is 31.2 Å². The Balaban J connectivity index is 1.82. The van der Waals surface area contributed by atoms with Crippen LogP contribution in [0, 0.1) is 0 Å². The summed E-state index contributed by atoms with van der Waals surface area (Å²) >= 11 is 0. The molecule has 0 spiro atoms. The predicted octanol–water partition coefficient (Wildman–Crippen LogP) is 1.97. The highest BCUT2D eigenvalue weighted by Crippen LogP contribution is 2.31. The quantitative estimate of drug-likeness (QED) is 0.583. The smallest absolute Gasteiger partial charge is 0.341 e. The number of ether oxygens (including phenoxy) is 5. The molecule has 0 aliphatic carbocycles. The topological polar surface area (TPSA) is 63.2 Å². The first-order valence-corrected chi connectivity index (χ1v) is 8.49. The largest absolute Gasteiger partial charge is 0.496 e. The molecule has 1 fully saturated rings. The van der Waals surface area contributed by atoms with Gasteiger partial charge in [-0.1, -0.05) is 11.5 Å². The molecular formula is C19H21BO6. The van der Waals surface area contributed by atoms with E-state index in [-0.39, 0.29) is 6.29 Å². The minimum atomic E-state index is -0.427. The lowest BCUT2D eigenvalue weighted by Gasteiger charge is -2.15. The molecule has 0 bridgehead atoms. The molecule has 0 aromatic heterocycles. The third-order valence-corrected chi connectivity index (χ3v) is 4.03. The first-order chi connectivity index (χ1) is 12.6. The molecule has 1 heterocycles. The van der Waals surface area contributed by atoms with E-state index in [0.717, 1.165) is 11.0 Å². The van der Waals surface area contributed by atoms with Crippen LogP contribution in [-0.4, -0.2) is 40.7 Å². The van der Waals surface area contributed by atoms with Gasteiger partial charge in [0.15, 0.2) is 6.29 Å². The number of rotatable bonds is 6. The summed E-state index contributed by atoms with van der Waals surface area (Å²) < 4.78 is 27.4. The number of benzene rings is 2. The summed E-state index contributed by atoms with van der Waals surface area (Å²) in [5.74, 6) is 1.17. The number of methoxy groups -OCH3 is 1. The van der Waals surface area contributed by atoms with Gasteiger partial charge in [0.1, 0.15) is 30.7 Å². The van der Waals surface area contributed by atoms with Crippen LogP contribution >= 0.6 is 0 Å². The minimum Gasteiger partial charge on any atom is -0.496 e. The van der Waals surface area contributed by atoms with Crippen LogP contribution < -0.4 is 14.9 Å². The van der Waals surface area contributed by atoms with E-state index in [4.69, 9.17) is 23.7 Å². The van der Waals surface area contributed by atoms with Gasteiger partial charge < -0.3 is 23.7 Å². The third kappa shape index (κ3) is 4.00. The van der Waals surface area contributed by atoms with E-state index in [1.807, 2.05) is 26.0 Å². The number of esters is 1. The van der Waals surface area contributed by atoms with Crippen molar-refractivity contribution in [2.75, 3.05) is 26.9 Å². The van der Waals surface area contributed by atoms with E-state index in [0.29, 0.717) is 42.6 Å². The molecule has 26 heavy (non-hydrogen) atoms. The molecule has 3 rings (SSSR count). The maximum atomic E-state index is 12.0. The average Bonchev–Trinajstić information content (AvgIpc) is 3.18. The molecule has 0 unspecified atom stereocenters. The molecule has 136 valence electrons. The minimum absolute atomic E-state index is 0.303. The Labute approximate surface area is 153 Å². The highest BCUT2D eigenvalue weighted by molar-refractivity contribution is 6.33. The summed E-state index contributed by atoms with van der Waals surface area (Å²) in [4.78, 5) is 12.0. The van der Waals surface area contributed by atoms with Crippen LogP contribution in [0.15, 0.2) is 36.4 Å². The van der Waals surface area contributed by atoms with Gasteiger partial charge in [0.2, 0.25) is 0 Å². The summed E-state index contributed by atoms with van der Waals surface area (Å²) in [7, 11) is 3.50. The fourth-order valence-electron chi connectivity index (χ4n) is 2.72. The zero-order valence-electron chi connectivity index (χ0n) is 15.1. The molecule has 0 atom stereocenters. The SMILES string of the molecule is Bc1ccc(Oc2ccc(C(=O)OCC)c(OC)c2)cc1C1OCCO1. The van der Waals surface area contributed by atoms with E-state index in [9.17, 15) is 4.79 Å². The van der Waals surface area contributed by atoms with Crippen molar-refractivity contribution in [3.63, 3.8) is 0 Å². The summed E-state index contributed by atoms with van der Waals surface area (Å²) in [6.07, 6.45) is -0.362. The number of carbonyl (C=O) groups excluding carboxylic acids is 1.